The van der Waals surface area contributed by atoms with Gasteiger partial charge in [-0.2, -0.15) is 0 Å². The van der Waals surface area contributed by atoms with Crippen LogP contribution in [0.4, 0.5) is 5.69 Å². The predicted molar refractivity (Wildman–Crippen MR) is 68.3 cm³/mol. The molecule has 0 radical (unpaired) electrons. The summed E-state index contributed by atoms with van der Waals surface area (Å²) in [4.78, 5) is 18.3. The number of amides is 1. The fourth-order valence-corrected chi connectivity index (χ4v) is 2.54. The molecule has 1 amide bonds. The number of hydrogen-bond acceptors (Lipinski definition) is 5. The Morgan fingerprint density at radius 2 is 2.26 bits per heavy atom. The van der Waals surface area contributed by atoms with Crippen LogP contribution in [-0.2, 0) is 0 Å². The van der Waals surface area contributed by atoms with Gasteiger partial charge in [-0.05, 0) is 6.07 Å². The summed E-state index contributed by atoms with van der Waals surface area (Å²) in [6.45, 7) is 0.304. The summed E-state index contributed by atoms with van der Waals surface area (Å²) in [6, 6.07) is 2.71. The average Bonchev–Trinajstić information content (AvgIpc) is 2.71. The van der Waals surface area contributed by atoms with Gasteiger partial charge in [0, 0.05) is 25.2 Å². The highest BCUT2D eigenvalue weighted by atomic mass is 16.5. The van der Waals surface area contributed by atoms with Crippen molar-refractivity contribution < 1.29 is 19.7 Å². The Morgan fingerprint density at radius 1 is 1.47 bits per heavy atom. The lowest BCUT2D eigenvalue weighted by molar-refractivity contribution is 0.0749. The molecule has 0 aliphatic carbocycles. The number of benzene rings is 1. The summed E-state index contributed by atoms with van der Waals surface area (Å²) in [5.74, 6) is -0.0128. The lowest BCUT2D eigenvalue weighted by Crippen LogP contribution is -2.35. The lowest BCUT2D eigenvalue weighted by Gasteiger charge is -2.19. The van der Waals surface area contributed by atoms with Crippen molar-refractivity contribution in [3.8, 4) is 11.5 Å². The number of ether oxygens (including phenoxy) is 1. The second-order valence-corrected chi connectivity index (χ2v) is 4.73. The Kier molecular flexibility index (Phi) is 2.67. The molecule has 0 aromatic heterocycles. The maximum absolute atomic E-state index is 12.4. The molecule has 6 nitrogen and oxygen atoms in total. The third-order valence-corrected chi connectivity index (χ3v) is 3.50. The van der Waals surface area contributed by atoms with Crippen molar-refractivity contribution in [2.45, 2.75) is 18.6 Å². The Labute approximate surface area is 109 Å². The minimum atomic E-state index is -0.513. The maximum atomic E-state index is 12.4. The van der Waals surface area contributed by atoms with Crippen molar-refractivity contribution in [2.24, 2.45) is 4.99 Å². The van der Waals surface area contributed by atoms with E-state index in [0.29, 0.717) is 24.2 Å². The van der Waals surface area contributed by atoms with Crippen molar-refractivity contribution in [3.63, 3.8) is 0 Å². The van der Waals surface area contributed by atoms with E-state index in [1.165, 1.54) is 19.2 Å². The zero-order valence-corrected chi connectivity index (χ0v) is 10.4. The standard InChI is InChI=1S/C13H14N2O4/c1-19-12-3-9-10(4-11(12)17)14-5-7-2-8(16)6-15(7)13(9)18/h3-5,7-8,16-17H,2,6H2,1H3/t7?,8-/m0/s1. The molecule has 2 aliphatic rings. The van der Waals surface area contributed by atoms with Gasteiger partial charge in [0.25, 0.3) is 5.91 Å². The Morgan fingerprint density at radius 3 is 3.00 bits per heavy atom. The number of fused-ring (bicyclic) bond motifs is 2. The molecule has 1 saturated heterocycles. The molecule has 0 bridgehead atoms. The first kappa shape index (κ1) is 12.0. The van der Waals surface area contributed by atoms with Gasteiger partial charge in [-0.3, -0.25) is 9.79 Å². The Bertz CT molecular complexity index is 570. The molecule has 100 valence electrons. The topological polar surface area (TPSA) is 82.4 Å². The van der Waals surface area contributed by atoms with Gasteiger partial charge in [-0.25, -0.2) is 0 Å². The highest BCUT2D eigenvalue weighted by molar-refractivity contribution is 6.03. The van der Waals surface area contributed by atoms with E-state index >= 15 is 0 Å². The maximum Gasteiger partial charge on any atom is 0.256 e. The second kappa shape index (κ2) is 4.24. The number of hydrogen-bond donors (Lipinski definition) is 2. The quantitative estimate of drug-likeness (QED) is 0.780. The second-order valence-electron chi connectivity index (χ2n) is 4.73. The lowest BCUT2D eigenvalue weighted by atomic mass is 10.1. The van der Waals surface area contributed by atoms with Crippen LogP contribution in [0.25, 0.3) is 0 Å². The molecule has 2 N–H and O–H groups in total. The van der Waals surface area contributed by atoms with Crippen LogP contribution in [0.3, 0.4) is 0 Å². The van der Waals surface area contributed by atoms with Gasteiger partial charge in [0.15, 0.2) is 11.5 Å². The summed E-state index contributed by atoms with van der Waals surface area (Å²) in [5.41, 5.74) is 0.801. The number of carbonyl (C=O) groups is 1. The SMILES string of the molecule is COc1cc2c(cc1O)N=CC1C[C@H](O)CN1C2=O. The van der Waals surface area contributed by atoms with E-state index in [-0.39, 0.29) is 23.4 Å². The van der Waals surface area contributed by atoms with Gasteiger partial charge in [0.2, 0.25) is 0 Å². The molecule has 2 heterocycles. The van der Waals surface area contributed by atoms with Crippen molar-refractivity contribution in [1.29, 1.82) is 0 Å². The monoisotopic (exact) mass is 262 g/mol. The van der Waals surface area contributed by atoms with E-state index in [4.69, 9.17) is 4.74 Å². The minimum absolute atomic E-state index is 0.0479. The van der Waals surface area contributed by atoms with Crippen LogP contribution in [0, 0.1) is 0 Å². The van der Waals surface area contributed by atoms with Crippen molar-refractivity contribution in [2.75, 3.05) is 13.7 Å². The Hall–Kier alpha value is -2.08. The number of aliphatic hydroxyl groups excluding tert-OH is 1. The molecular formula is C13H14N2O4. The van der Waals surface area contributed by atoms with Crippen LogP contribution in [0.5, 0.6) is 11.5 Å². The van der Waals surface area contributed by atoms with Crippen molar-refractivity contribution in [3.05, 3.63) is 17.7 Å². The van der Waals surface area contributed by atoms with Gasteiger partial charge in [-0.1, -0.05) is 0 Å². The van der Waals surface area contributed by atoms with E-state index in [0.717, 1.165) is 0 Å². The molecular weight excluding hydrogens is 248 g/mol. The molecule has 1 aromatic carbocycles. The molecule has 2 atom stereocenters. The summed E-state index contributed by atoms with van der Waals surface area (Å²) in [5, 5.41) is 19.4. The third kappa shape index (κ3) is 1.84. The van der Waals surface area contributed by atoms with Crippen molar-refractivity contribution >= 4 is 17.8 Å². The first-order chi connectivity index (χ1) is 9.10. The highest BCUT2D eigenvalue weighted by Gasteiger charge is 2.36. The van der Waals surface area contributed by atoms with Crippen LogP contribution in [0.2, 0.25) is 0 Å². The first-order valence-corrected chi connectivity index (χ1v) is 6.04. The number of nitrogens with zero attached hydrogens (tertiary/aromatic N) is 2. The van der Waals surface area contributed by atoms with Gasteiger partial charge in [-0.15, -0.1) is 0 Å². The Balaban J connectivity index is 2.09. The van der Waals surface area contributed by atoms with E-state index in [9.17, 15) is 15.0 Å². The molecule has 0 spiro atoms. The van der Waals surface area contributed by atoms with E-state index < -0.39 is 6.10 Å². The molecule has 1 aromatic rings. The van der Waals surface area contributed by atoms with E-state index in [1.807, 2.05) is 0 Å². The fourth-order valence-electron chi connectivity index (χ4n) is 2.54. The van der Waals surface area contributed by atoms with Gasteiger partial charge >= 0.3 is 0 Å². The van der Waals surface area contributed by atoms with Crippen LogP contribution >= 0.6 is 0 Å². The zero-order valence-electron chi connectivity index (χ0n) is 10.4. The fraction of sp³-hybridized carbons (Fsp3) is 0.385. The van der Waals surface area contributed by atoms with E-state index in [1.54, 1.807) is 11.1 Å². The highest BCUT2D eigenvalue weighted by Crippen LogP contribution is 2.37. The smallest absolute Gasteiger partial charge is 0.256 e. The molecule has 3 rings (SSSR count). The van der Waals surface area contributed by atoms with Crippen LogP contribution in [0.1, 0.15) is 16.8 Å². The summed E-state index contributed by atoms with van der Waals surface area (Å²) < 4.78 is 5.01. The molecule has 1 fully saturated rings. The van der Waals surface area contributed by atoms with E-state index in [2.05, 4.69) is 4.99 Å². The number of aliphatic imine (C=N–C) groups is 1. The minimum Gasteiger partial charge on any atom is -0.504 e. The predicted octanol–water partition coefficient (Wildman–Crippen LogP) is 0.692. The summed E-state index contributed by atoms with van der Waals surface area (Å²) in [6.07, 6.45) is 1.62. The average molecular weight is 262 g/mol. The normalized spacial score (nSPS) is 24.9. The van der Waals surface area contributed by atoms with Crippen LogP contribution in [-0.4, -0.2) is 53.0 Å². The zero-order chi connectivity index (χ0) is 13.6. The van der Waals surface area contributed by atoms with Gasteiger partial charge < -0.3 is 19.8 Å². The van der Waals surface area contributed by atoms with Crippen LogP contribution < -0.4 is 4.74 Å². The molecule has 19 heavy (non-hydrogen) atoms. The number of aliphatic hydroxyl groups is 1. The number of aromatic hydroxyl groups is 1. The number of phenols is 1. The summed E-state index contributed by atoms with van der Waals surface area (Å²) in [7, 11) is 1.42. The molecule has 0 saturated carbocycles. The molecule has 1 unspecified atom stereocenters. The largest absolute Gasteiger partial charge is 0.504 e. The van der Waals surface area contributed by atoms with Gasteiger partial charge in [0.1, 0.15) is 0 Å². The first-order valence-electron chi connectivity index (χ1n) is 6.04. The number of rotatable bonds is 1. The molecule has 6 heteroatoms. The number of carbonyl (C=O) groups excluding carboxylic acids is 1. The van der Waals surface area contributed by atoms with Crippen molar-refractivity contribution in [1.82, 2.24) is 4.90 Å². The summed E-state index contributed by atoms with van der Waals surface area (Å²) >= 11 is 0. The number of methoxy groups -OCH3 is 1. The molecule has 2 aliphatic heterocycles. The number of phenolic OH excluding ortho intramolecular Hbond substituents is 1. The van der Waals surface area contributed by atoms with Crippen LogP contribution in [0.15, 0.2) is 17.1 Å². The third-order valence-electron chi connectivity index (χ3n) is 3.50. The van der Waals surface area contributed by atoms with Gasteiger partial charge in [0.05, 0.1) is 30.5 Å².